The fourth-order valence-corrected chi connectivity index (χ4v) is 2.49. The summed E-state index contributed by atoms with van der Waals surface area (Å²) in [5, 5.41) is 0. The predicted octanol–water partition coefficient (Wildman–Crippen LogP) is 3.98. The first-order chi connectivity index (χ1) is 11.1. The van der Waals surface area contributed by atoms with Gasteiger partial charge in [-0.2, -0.15) is 0 Å². The zero-order valence-corrected chi connectivity index (χ0v) is 13.2. The molecule has 0 aliphatic carbocycles. The van der Waals surface area contributed by atoms with E-state index in [0.29, 0.717) is 17.5 Å². The Hall–Kier alpha value is -2.55. The molecule has 0 bridgehead atoms. The average molecular weight is 308 g/mol. The van der Waals surface area contributed by atoms with Crippen molar-refractivity contribution in [3.8, 4) is 0 Å². The molecule has 0 aliphatic heterocycles. The first-order valence-electron chi connectivity index (χ1n) is 7.86. The monoisotopic (exact) mass is 308 g/mol. The quantitative estimate of drug-likeness (QED) is 0.421. The van der Waals surface area contributed by atoms with Gasteiger partial charge in [0, 0.05) is 12.0 Å². The fourth-order valence-electron chi connectivity index (χ4n) is 2.49. The highest BCUT2D eigenvalue weighted by Gasteiger charge is 2.32. The van der Waals surface area contributed by atoms with Crippen LogP contribution >= 0.6 is 0 Å². The molecule has 0 fully saturated rings. The third kappa shape index (κ3) is 4.22. The Balaban J connectivity index is 2.31. The molecule has 2 rings (SSSR count). The average Bonchev–Trinajstić information content (AvgIpc) is 2.61. The van der Waals surface area contributed by atoms with Crippen molar-refractivity contribution in [2.45, 2.75) is 32.1 Å². The Labute approximate surface area is 136 Å². The largest absolute Gasteiger partial charge is 0.299 e. The molecule has 0 N–H and O–H groups in total. The first kappa shape index (κ1) is 16.8. The molecule has 23 heavy (non-hydrogen) atoms. The maximum absolute atomic E-state index is 12.7. The molecule has 0 amide bonds. The summed E-state index contributed by atoms with van der Waals surface area (Å²) in [5.74, 6) is -2.45. The summed E-state index contributed by atoms with van der Waals surface area (Å²) >= 11 is 0. The summed E-state index contributed by atoms with van der Waals surface area (Å²) in [6, 6.07) is 17.2. The molecule has 0 saturated carbocycles. The maximum atomic E-state index is 12.7. The third-order valence-corrected chi connectivity index (χ3v) is 3.75. The van der Waals surface area contributed by atoms with Crippen LogP contribution in [0.2, 0.25) is 0 Å². The van der Waals surface area contributed by atoms with Crippen LogP contribution in [0.5, 0.6) is 0 Å². The lowest BCUT2D eigenvalue weighted by Gasteiger charge is -2.14. The topological polar surface area (TPSA) is 51.2 Å². The summed E-state index contributed by atoms with van der Waals surface area (Å²) < 4.78 is 0. The zero-order valence-electron chi connectivity index (χ0n) is 13.2. The molecular formula is C20H20O3. The van der Waals surface area contributed by atoms with Gasteiger partial charge in [0.15, 0.2) is 0 Å². The van der Waals surface area contributed by atoms with Crippen molar-refractivity contribution < 1.29 is 14.4 Å². The second kappa shape index (κ2) is 8.18. The Bertz CT molecular complexity index is 675. The third-order valence-electron chi connectivity index (χ3n) is 3.75. The molecule has 1 unspecified atom stereocenters. The summed E-state index contributed by atoms with van der Waals surface area (Å²) in [4.78, 5) is 37.6. The van der Waals surface area contributed by atoms with Crippen LogP contribution in [0.4, 0.5) is 0 Å². The number of hydrogen-bond donors (Lipinski definition) is 0. The Morgan fingerprint density at radius 3 is 2.00 bits per heavy atom. The number of carbonyl (C=O) groups excluding carboxylic acids is 3. The van der Waals surface area contributed by atoms with E-state index in [-0.39, 0.29) is 5.78 Å². The highest BCUT2D eigenvalue weighted by atomic mass is 16.2. The molecule has 2 aromatic rings. The summed E-state index contributed by atoms with van der Waals surface area (Å²) in [7, 11) is 0. The molecule has 3 heteroatoms. The van der Waals surface area contributed by atoms with Gasteiger partial charge in [0.1, 0.15) is 11.7 Å². The van der Waals surface area contributed by atoms with Gasteiger partial charge in [-0.25, -0.2) is 0 Å². The molecular weight excluding hydrogens is 288 g/mol. The van der Waals surface area contributed by atoms with E-state index in [9.17, 15) is 14.4 Å². The predicted molar refractivity (Wildman–Crippen MR) is 89.5 cm³/mol. The van der Waals surface area contributed by atoms with E-state index < -0.39 is 17.5 Å². The van der Waals surface area contributed by atoms with Crippen LogP contribution in [0.1, 0.15) is 48.0 Å². The summed E-state index contributed by atoms with van der Waals surface area (Å²) in [6.45, 7) is 1.99. The lowest BCUT2D eigenvalue weighted by atomic mass is 9.85. The van der Waals surface area contributed by atoms with E-state index in [2.05, 4.69) is 0 Å². The minimum absolute atomic E-state index is 0.188. The van der Waals surface area contributed by atoms with Crippen LogP contribution in [0, 0.1) is 0 Å². The highest BCUT2D eigenvalue weighted by Crippen LogP contribution is 2.22. The van der Waals surface area contributed by atoms with Gasteiger partial charge in [0.2, 0.25) is 11.6 Å². The van der Waals surface area contributed by atoms with Gasteiger partial charge >= 0.3 is 0 Å². The van der Waals surface area contributed by atoms with Gasteiger partial charge in [-0.05, 0) is 12.0 Å². The Kier molecular flexibility index (Phi) is 5.98. The number of ketones is 3. The van der Waals surface area contributed by atoms with Crippen molar-refractivity contribution in [1.29, 1.82) is 0 Å². The van der Waals surface area contributed by atoms with Crippen LogP contribution in [0.15, 0.2) is 60.7 Å². The van der Waals surface area contributed by atoms with Crippen molar-refractivity contribution in [2.24, 2.45) is 0 Å². The number of hydrogen-bond acceptors (Lipinski definition) is 3. The van der Waals surface area contributed by atoms with Crippen LogP contribution in [-0.2, 0) is 9.59 Å². The van der Waals surface area contributed by atoms with E-state index in [1.807, 2.05) is 13.0 Å². The molecule has 0 aromatic heterocycles. The first-order valence-corrected chi connectivity index (χ1v) is 7.86. The van der Waals surface area contributed by atoms with E-state index in [1.54, 1.807) is 54.6 Å². The van der Waals surface area contributed by atoms with Crippen molar-refractivity contribution in [1.82, 2.24) is 0 Å². The SMILES string of the molecule is CCCCC(=O)C(C(=O)C(=O)c1ccccc1)c1ccccc1. The Morgan fingerprint density at radius 1 is 0.870 bits per heavy atom. The summed E-state index contributed by atoms with van der Waals surface area (Å²) in [6.07, 6.45) is 1.90. The lowest BCUT2D eigenvalue weighted by molar-refractivity contribution is -0.127. The zero-order chi connectivity index (χ0) is 16.7. The molecule has 0 radical (unpaired) electrons. The van der Waals surface area contributed by atoms with Gasteiger partial charge in [-0.1, -0.05) is 74.0 Å². The lowest BCUT2D eigenvalue weighted by Crippen LogP contribution is -2.28. The van der Waals surface area contributed by atoms with Crippen LogP contribution in [-0.4, -0.2) is 17.3 Å². The van der Waals surface area contributed by atoms with Crippen molar-refractivity contribution in [3.63, 3.8) is 0 Å². The number of rotatable bonds is 8. The van der Waals surface area contributed by atoms with E-state index in [4.69, 9.17) is 0 Å². The van der Waals surface area contributed by atoms with Gasteiger partial charge in [0.25, 0.3) is 0 Å². The summed E-state index contributed by atoms with van der Waals surface area (Å²) in [5.41, 5.74) is 0.907. The number of Topliss-reactive ketones (excluding diaryl/α,β-unsaturated/α-hetero) is 3. The standard InChI is InChI=1S/C20H20O3/c1-2-3-14-17(21)18(15-10-6-4-7-11-15)20(23)19(22)16-12-8-5-9-13-16/h4-13,18H,2-3,14H2,1H3. The van der Waals surface area contributed by atoms with E-state index >= 15 is 0 Å². The second-order valence-electron chi connectivity index (χ2n) is 5.47. The van der Waals surface area contributed by atoms with Crippen molar-refractivity contribution in [2.75, 3.05) is 0 Å². The van der Waals surface area contributed by atoms with Crippen LogP contribution < -0.4 is 0 Å². The molecule has 0 aliphatic rings. The minimum Gasteiger partial charge on any atom is -0.299 e. The molecule has 0 heterocycles. The van der Waals surface area contributed by atoms with Crippen LogP contribution in [0.25, 0.3) is 0 Å². The molecule has 118 valence electrons. The van der Waals surface area contributed by atoms with Crippen molar-refractivity contribution in [3.05, 3.63) is 71.8 Å². The minimum atomic E-state index is -1.00. The molecule has 0 saturated heterocycles. The van der Waals surface area contributed by atoms with Crippen LogP contribution in [0.3, 0.4) is 0 Å². The molecule has 0 spiro atoms. The highest BCUT2D eigenvalue weighted by molar-refractivity contribution is 6.48. The maximum Gasteiger partial charge on any atom is 0.229 e. The molecule has 1 atom stereocenters. The normalized spacial score (nSPS) is 11.7. The number of carbonyl (C=O) groups is 3. The number of benzene rings is 2. The fraction of sp³-hybridized carbons (Fsp3) is 0.250. The van der Waals surface area contributed by atoms with Gasteiger partial charge in [0.05, 0.1) is 0 Å². The van der Waals surface area contributed by atoms with Crippen molar-refractivity contribution >= 4 is 17.3 Å². The van der Waals surface area contributed by atoms with E-state index in [0.717, 1.165) is 12.8 Å². The smallest absolute Gasteiger partial charge is 0.229 e. The molecule has 3 nitrogen and oxygen atoms in total. The second-order valence-corrected chi connectivity index (χ2v) is 5.47. The van der Waals surface area contributed by atoms with Gasteiger partial charge < -0.3 is 0 Å². The van der Waals surface area contributed by atoms with Gasteiger partial charge in [-0.15, -0.1) is 0 Å². The van der Waals surface area contributed by atoms with Gasteiger partial charge in [-0.3, -0.25) is 14.4 Å². The number of unbranched alkanes of at least 4 members (excludes halogenated alkanes) is 1. The Morgan fingerprint density at radius 2 is 1.43 bits per heavy atom. The van der Waals surface area contributed by atoms with E-state index in [1.165, 1.54) is 0 Å². The molecule has 2 aromatic carbocycles.